The van der Waals surface area contributed by atoms with Crippen molar-refractivity contribution in [2.45, 2.75) is 4.90 Å². The van der Waals surface area contributed by atoms with Crippen LogP contribution in [0.2, 0.25) is 0 Å². The summed E-state index contributed by atoms with van der Waals surface area (Å²) in [6.45, 7) is -0.851. The monoisotopic (exact) mass is 390 g/mol. The number of hydrogen-bond acceptors (Lipinski definition) is 6. The summed E-state index contributed by atoms with van der Waals surface area (Å²) in [5.41, 5.74) is 0.486. The van der Waals surface area contributed by atoms with E-state index < -0.39 is 34.2 Å². The minimum absolute atomic E-state index is 0.0708. The van der Waals surface area contributed by atoms with Crippen LogP contribution in [0.25, 0.3) is 0 Å². The van der Waals surface area contributed by atoms with Gasteiger partial charge in [-0.25, -0.2) is 4.39 Å². The molecule has 9 heteroatoms. The third kappa shape index (κ3) is 4.03. The summed E-state index contributed by atoms with van der Waals surface area (Å²) in [7, 11) is -2.30. The molecule has 2 aromatic carbocycles. The zero-order valence-corrected chi connectivity index (χ0v) is 15.1. The number of likely N-dealkylation sites (N-methyl/N-ethyl adjacent to an activating group) is 1. The minimum atomic E-state index is -3.80. The van der Waals surface area contributed by atoms with Crippen molar-refractivity contribution in [1.29, 1.82) is 0 Å². The molecule has 3 rings (SSSR count). The molecule has 27 heavy (non-hydrogen) atoms. The van der Waals surface area contributed by atoms with Gasteiger partial charge in [0.25, 0.3) is 10.0 Å². The number of hydrogen-bond donors (Lipinski definition) is 0. The molecule has 0 saturated heterocycles. The van der Waals surface area contributed by atoms with Crippen LogP contribution >= 0.6 is 0 Å². The van der Waals surface area contributed by atoms with Gasteiger partial charge < -0.3 is 9.64 Å². The Kier molecular flexibility index (Phi) is 5.04. The molecular weight excluding hydrogens is 375 g/mol. The fourth-order valence-corrected chi connectivity index (χ4v) is 3.82. The van der Waals surface area contributed by atoms with Gasteiger partial charge in [-0.3, -0.25) is 9.59 Å². The summed E-state index contributed by atoms with van der Waals surface area (Å²) < 4.78 is 45.8. The number of carbonyl (C=O) groups excluding carboxylic acids is 2. The summed E-state index contributed by atoms with van der Waals surface area (Å²) in [6, 6.07) is 11.3. The third-order valence-corrected chi connectivity index (χ3v) is 5.18. The number of ketones is 1. The molecule has 0 bridgehead atoms. The van der Waals surface area contributed by atoms with Gasteiger partial charge in [-0.15, -0.1) is 4.40 Å². The molecule has 0 atom stereocenters. The summed E-state index contributed by atoms with van der Waals surface area (Å²) >= 11 is 0. The zero-order valence-electron chi connectivity index (χ0n) is 14.3. The highest BCUT2D eigenvalue weighted by atomic mass is 32.2. The SMILES string of the molecule is CN(CC(=O)OCC(=O)c1cccc(F)c1)C1=NS(=O)(=O)c2ccccc21. The molecule has 2 aromatic rings. The molecule has 7 nitrogen and oxygen atoms in total. The smallest absolute Gasteiger partial charge is 0.326 e. The highest BCUT2D eigenvalue weighted by molar-refractivity contribution is 7.90. The van der Waals surface area contributed by atoms with Crippen molar-refractivity contribution in [2.75, 3.05) is 20.2 Å². The van der Waals surface area contributed by atoms with Crippen molar-refractivity contribution < 1.29 is 27.1 Å². The van der Waals surface area contributed by atoms with Gasteiger partial charge in [0.05, 0.1) is 0 Å². The second kappa shape index (κ2) is 7.28. The van der Waals surface area contributed by atoms with Crippen LogP contribution in [0.3, 0.4) is 0 Å². The van der Waals surface area contributed by atoms with E-state index in [9.17, 15) is 22.4 Å². The molecule has 0 N–H and O–H groups in total. The predicted octanol–water partition coefficient (Wildman–Crippen LogP) is 1.63. The van der Waals surface area contributed by atoms with Gasteiger partial charge in [0, 0.05) is 18.2 Å². The van der Waals surface area contributed by atoms with Crippen molar-refractivity contribution in [3.63, 3.8) is 0 Å². The fraction of sp³-hybridized carbons (Fsp3) is 0.167. The lowest BCUT2D eigenvalue weighted by Crippen LogP contribution is -2.33. The number of ether oxygens (including phenoxy) is 1. The fourth-order valence-electron chi connectivity index (χ4n) is 2.57. The van der Waals surface area contributed by atoms with Crippen molar-refractivity contribution in [3.05, 3.63) is 65.5 Å². The van der Waals surface area contributed by atoms with Gasteiger partial charge in [-0.1, -0.05) is 24.3 Å². The van der Waals surface area contributed by atoms with Crippen LogP contribution in [0.15, 0.2) is 57.8 Å². The Hall–Kier alpha value is -3.07. The molecule has 0 saturated carbocycles. The number of carbonyl (C=O) groups is 2. The maximum absolute atomic E-state index is 13.1. The van der Waals surface area contributed by atoms with Crippen molar-refractivity contribution >= 4 is 27.6 Å². The molecule has 0 radical (unpaired) electrons. The molecule has 0 fully saturated rings. The largest absolute Gasteiger partial charge is 0.456 e. The second-order valence-corrected chi connectivity index (χ2v) is 7.41. The Bertz CT molecular complexity index is 1050. The maximum Gasteiger partial charge on any atom is 0.326 e. The molecule has 1 aliphatic rings. The number of nitrogens with zero attached hydrogens (tertiary/aromatic N) is 2. The van der Waals surface area contributed by atoms with Crippen LogP contribution in [0.5, 0.6) is 0 Å². The predicted molar refractivity (Wildman–Crippen MR) is 94.5 cm³/mol. The number of Topliss-reactive ketones (excluding diaryl/α,β-unsaturated/α-hetero) is 1. The van der Waals surface area contributed by atoms with Crippen LogP contribution in [0.1, 0.15) is 15.9 Å². The first-order valence-electron chi connectivity index (χ1n) is 7.88. The van der Waals surface area contributed by atoms with Crippen LogP contribution in [-0.2, 0) is 19.6 Å². The van der Waals surface area contributed by atoms with E-state index >= 15 is 0 Å². The van der Waals surface area contributed by atoms with E-state index in [-0.39, 0.29) is 22.8 Å². The molecule has 0 spiro atoms. The quantitative estimate of drug-likeness (QED) is 0.569. The Morgan fingerprint density at radius 2 is 1.89 bits per heavy atom. The molecule has 140 valence electrons. The average Bonchev–Trinajstić information content (AvgIpc) is 2.91. The number of rotatable bonds is 5. The summed E-state index contributed by atoms with van der Waals surface area (Å²) in [6.07, 6.45) is 0. The van der Waals surface area contributed by atoms with E-state index in [1.54, 1.807) is 18.2 Å². The van der Waals surface area contributed by atoms with Gasteiger partial charge in [-0.05, 0) is 24.3 Å². The van der Waals surface area contributed by atoms with E-state index in [1.165, 1.54) is 36.2 Å². The number of benzene rings is 2. The topological polar surface area (TPSA) is 93.1 Å². The Morgan fingerprint density at radius 3 is 2.63 bits per heavy atom. The normalized spacial score (nSPS) is 14.2. The number of fused-ring (bicyclic) bond motifs is 1. The summed E-state index contributed by atoms with van der Waals surface area (Å²) in [5, 5.41) is 0. The molecule has 0 amide bonds. The van der Waals surface area contributed by atoms with E-state index in [1.807, 2.05) is 0 Å². The first-order chi connectivity index (χ1) is 12.8. The summed E-state index contributed by atoms with van der Waals surface area (Å²) in [4.78, 5) is 25.3. The minimum Gasteiger partial charge on any atom is -0.456 e. The van der Waals surface area contributed by atoms with Crippen LogP contribution < -0.4 is 0 Å². The van der Waals surface area contributed by atoms with E-state index in [4.69, 9.17) is 4.74 Å². The Labute approximate surface area is 155 Å². The van der Waals surface area contributed by atoms with Gasteiger partial charge >= 0.3 is 5.97 Å². The van der Waals surface area contributed by atoms with Crippen LogP contribution in [0, 0.1) is 5.82 Å². The molecule has 1 aliphatic heterocycles. The Balaban J connectivity index is 1.63. The maximum atomic E-state index is 13.1. The molecular formula is C18H15FN2O5S. The number of halogens is 1. The first kappa shape index (κ1) is 18.7. The van der Waals surface area contributed by atoms with Crippen LogP contribution in [-0.4, -0.2) is 51.1 Å². The number of amidine groups is 1. The standard InChI is InChI=1S/C18H15FN2O5S/c1-21(18-14-7-2-3-8-16(14)27(24,25)20-18)10-17(23)26-11-15(22)12-5-4-6-13(19)9-12/h2-9H,10-11H2,1H3. The first-order valence-corrected chi connectivity index (χ1v) is 9.32. The van der Waals surface area contributed by atoms with Gasteiger partial charge in [0.2, 0.25) is 0 Å². The zero-order chi connectivity index (χ0) is 19.6. The van der Waals surface area contributed by atoms with Gasteiger partial charge in [0.1, 0.15) is 17.3 Å². The Morgan fingerprint density at radius 1 is 1.15 bits per heavy atom. The summed E-state index contributed by atoms with van der Waals surface area (Å²) in [5.74, 6) is -1.73. The van der Waals surface area contributed by atoms with Gasteiger partial charge in [-0.2, -0.15) is 8.42 Å². The van der Waals surface area contributed by atoms with Crippen LogP contribution in [0.4, 0.5) is 4.39 Å². The highest BCUT2D eigenvalue weighted by Crippen LogP contribution is 2.26. The van der Waals surface area contributed by atoms with E-state index in [2.05, 4.69) is 4.40 Å². The molecule has 0 aromatic heterocycles. The van der Waals surface area contributed by atoms with Gasteiger partial charge in [0.15, 0.2) is 18.2 Å². The lowest BCUT2D eigenvalue weighted by atomic mass is 10.1. The second-order valence-electron chi connectivity index (χ2n) is 5.84. The van der Waals surface area contributed by atoms with Crippen molar-refractivity contribution in [3.8, 4) is 0 Å². The van der Waals surface area contributed by atoms with Crippen molar-refractivity contribution in [2.24, 2.45) is 4.40 Å². The van der Waals surface area contributed by atoms with Crippen molar-refractivity contribution in [1.82, 2.24) is 4.90 Å². The van der Waals surface area contributed by atoms with E-state index in [0.717, 1.165) is 6.07 Å². The molecule has 0 aliphatic carbocycles. The third-order valence-electron chi connectivity index (χ3n) is 3.85. The van der Waals surface area contributed by atoms with E-state index in [0.29, 0.717) is 5.56 Å². The number of sulfonamides is 1. The lowest BCUT2D eigenvalue weighted by Gasteiger charge is -2.17. The average molecular weight is 390 g/mol. The highest BCUT2D eigenvalue weighted by Gasteiger charge is 2.31. The lowest BCUT2D eigenvalue weighted by molar-refractivity contribution is -0.142. The molecule has 1 heterocycles. The molecule has 0 unspecified atom stereocenters. The number of esters is 1.